The Bertz CT molecular complexity index is 497. The van der Waals surface area contributed by atoms with E-state index in [4.69, 9.17) is 5.73 Å². The highest BCUT2D eigenvalue weighted by molar-refractivity contribution is 5.99. The fourth-order valence-electron chi connectivity index (χ4n) is 1.61. The summed E-state index contributed by atoms with van der Waals surface area (Å²) in [7, 11) is 0. The molecule has 1 aromatic rings. The van der Waals surface area contributed by atoms with Crippen molar-refractivity contribution in [1.29, 1.82) is 0 Å². The molecule has 1 fully saturated rings. The Morgan fingerprint density at radius 2 is 2.39 bits per heavy atom. The number of aromatic nitrogens is 3. The van der Waals surface area contributed by atoms with Crippen LogP contribution in [-0.4, -0.2) is 32.9 Å². The van der Waals surface area contributed by atoms with Gasteiger partial charge < -0.3 is 10.5 Å². The highest BCUT2D eigenvalue weighted by Gasteiger charge is 2.28. The van der Waals surface area contributed by atoms with Gasteiger partial charge in [-0.05, 0) is 6.42 Å². The number of rotatable bonds is 3. The van der Waals surface area contributed by atoms with E-state index in [1.54, 1.807) is 0 Å². The van der Waals surface area contributed by atoms with Gasteiger partial charge in [-0.2, -0.15) is 0 Å². The molecule has 3 N–H and O–H groups in total. The van der Waals surface area contributed by atoms with Crippen LogP contribution in [0.1, 0.15) is 24.6 Å². The standard InChI is InChI=1S/C9H11N5O4/c10-9(17)18-4-5-3-14(13-12-5)6-1-2-7(15)11-8(6)16/h3,6H,1-2,4H2,(H2,10,17)(H,11,15,16). The van der Waals surface area contributed by atoms with Crippen molar-refractivity contribution in [3.8, 4) is 0 Å². The molecular formula is C9H11N5O4. The number of piperidine rings is 1. The second kappa shape index (κ2) is 4.82. The van der Waals surface area contributed by atoms with E-state index >= 15 is 0 Å². The van der Waals surface area contributed by atoms with Gasteiger partial charge >= 0.3 is 6.09 Å². The van der Waals surface area contributed by atoms with Gasteiger partial charge in [0.2, 0.25) is 5.91 Å². The summed E-state index contributed by atoms with van der Waals surface area (Å²) in [6.07, 6.45) is 1.18. The van der Waals surface area contributed by atoms with Crippen LogP contribution in [0.5, 0.6) is 0 Å². The molecule has 0 spiro atoms. The summed E-state index contributed by atoms with van der Waals surface area (Å²) in [4.78, 5) is 33.0. The molecule has 0 bridgehead atoms. The van der Waals surface area contributed by atoms with Crippen LogP contribution in [-0.2, 0) is 20.9 Å². The van der Waals surface area contributed by atoms with E-state index in [0.717, 1.165) is 0 Å². The van der Waals surface area contributed by atoms with Crippen molar-refractivity contribution in [2.75, 3.05) is 0 Å². The van der Waals surface area contributed by atoms with Gasteiger partial charge in [0.05, 0.1) is 6.20 Å². The quantitative estimate of drug-likeness (QED) is 0.654. The summed E-state index contributed by atoms with van der Waals surface area (Å²) < 4.78 is 5.88. The maximum atomic E-state index is 11.6. The predicted octanol–water partition coefficient (Wildman–Crippen LogP) is -1.15. The monoisotopic (exact) mass is 253 g/mol. The number of hydrogen-bond acceptors (Lipinski definition) is 6. The molecule has 0 radical (unpaired) electrons. The minimum Gasteiger partial charge on any atom is -0.443 e. The number of hydrogen-bond donors (Lipinski definition) is 2. The summed E-state index contributed by atoms with van der Waals surface area (Å²) in [6.45, 7) is -0.109. The van der Waals surface area contributed by atoms with Crippen molar-refractivity contribution in [1.82, 2.24) is 20.3 Å². The van der Waals surface area contributed by atoms with Gasteiger partial charge in [0.15, 0.2) is 0 Å². The first-order valence-electron chi connectivity index (χ1n) is 5.23. The predicted molar refractivity (Wildman–Crippen MR) is 55.8 cm³/mol. The van der Waals surface area contributed by atoms with Crippen molar-refractivity contribution < 1.29 is 19.1 Å². The van der Waals surface area contributed by atoms with Crippen molar-refractivity contribution in [2.24, 2.45) is 5.73 Å². The van der Waals surface area contributed by atoms with Crippen molar-refractivity contribution in [3.63, 3.8) is 0 Å². The summed E-state index contributed by atoms with van der Waals surface area (Å²) in [5.41, 5.74) is 5.18. The lowest BCUT2D eigenvalue weighted by Crippen LogP contribution is -2.41. The molecule has 96 valence electrons. The van der Waals surface area contributed by atoms with Gasteiger partial charge in [-0.15, -0.1) is 5.10 Å². The largest absolute Gasteiger partial charge is 0.443 e. The van der Waals surface area contributed by atoms with Crippen molar-refractivity contribution in [2.45, 2.75) is 25.5 Å². The molecule has 1 unspecified atom stereocenters. The Balaban J connectivity index is 2.03. The zero-order valence-corrected chi connectivity index (χ0v) is 9.33. The molecule has 2 rings (SSSR count). The number of nitrogens with one attached hydrogen (secondary N) is 1. The molecule has 9 heteroatoms. The topological polar surface area (TPSA) is 129 Å². The van der Waals surface area contributed by atoms with E-state index in [9.17, 15) is 14.4 Å². The summed E-state index contributed by atoms with van der Waals surface area (Å²) in [5, 5.41) is 9.70. The second-order valence-electron chi connectivity index (χ2n) is 3.76. The van der Waals surface area contributed by atoms with E-state index in [0.29, 0.717) is 12.1 Å². The molecule has 2 heterocycles. The Hall–Kier alpha value is -2.45. The van der Waals surface area contributed by atoms with Crippen LogP contribution in [0.25, 0.3) is 0 Å². The fourth-order valence-corrected chi connectivity index (χ4v) is 1.61. The molecule has 0 saturated carbocycles. The number of carbonyl (C=O) groups is 3. The van der Waals surface area contributed by atoms with Gasteiger partial charge in [-0.25, -0.2) is 9.48 Å². The molecule has 0 aromatic carbocycles. The van der Waals surface area contributed by atoms with Crippen LogP contribution in [0.15, 0.2) is 6.20 Å². The Morgan fingerprint density at radius 1 is 1.61 bits per heavy atom. The lowest BCUT2D eigenvalue weighted by atomic mass is 10.1. The molecule has 1 saturated heterocycles. The molecule has 3 amide bonds. The third kappa shape index (κ3) is 2.62. The van der Waals surface area contributed by atoms with E-state index in [1.165, 1.54) is 10.9 Å². The molecule has 18 heavy (non-hydrogen) atoms. The second-order valence-corrected chi connectivity index (χ2v) is 3.76. The third-order valence-electron chi connectivity index (χ3n) is 2.45. The highest BCUT2D eigenvalue weighted by Crippen LogP contribution is 2.17. The number of nitrogens with two attached hydrogens (primary N) is 1. The number of carbonyl (C=O) groups excluding carboxylic acids is 3. The average Bonchev–Trinajstić information content (AvgIpc) is 2.75. The average molecular weight is 253 g/mol. The van der Waals surface area contributed by atoms with E-state index in [1.807, 2.05) is 0 Å². The number of amides is 3. The Morgan fingerprint density at radius 3 is 3.06 bits per heavy atom. The van der Waals surface area contributed by atoms with Crippen LogP contribution in [0.3, 0.4) is 0 Å². The minimum atomic E-state index is -0.912. The van der Waals surface area contributed by atoms with E-state index in [2.05, 4.69) is 20.4 Å². The molecule has 1 atom stereocenters. The van der Waals surface area contributed by atoms with Gasteiger partial charge in [-0.3, -0.25) is 14.9 Å². The van der Waals surface area contributed by atoms with Gasteiger partial charge in [0, 0.05) is 6.42 Å². The summed E-state index contributed by atoms with van der Waals surface area (Å²) in [5.74, 6) is -0.716. The number of nitrogens with zero attached hydrogens (tertiary/aromatic N) is 3. The van der Waals surface area contributed by atoms with Gasteiger partial charge in [0.25, 0.3) is 5.91 Å². The van der Waals surface area contributed by atoms with Crippen LogP contribution >= 0.6 is 0 Å². The Labute approximate surface area is 101 Å². The zero-order valence-electron chi connectivity index (χ0n) is 9.33. The number of ether oxygens (including phenoxy) is 1. The van der Waals surface area contributed by atoms with Crippen molar-refractivity contribution in [3.05, 3.63) is 11.9 Å². The molecule has 1 aromatic heterocycles. The fraction of sp³-hybridized carbons (Fsp3) is 0.444. The first-order valence-corrected chi connectivity index (χ1v) is 5.23. The highest BCUT2D eigenvalue weighted by atomic mass is 16.5. The smallest absolute Gasteiger partial charge is 0.404 e. The molecule has 1 aliphatic heterocycles. The minimum absolute atomic E-state index is 0.109. The van der Waals surface area contributed by atoms with E-state index in [-0.39, 0.29) is 18.9 Å². The zero-order chi connectivity index (χ0) is 13.1. The van der Waals surface area contributed by atoms with Crippen LogP contribution in [0.2, 0.25) is 0 Å². The lowest BCUT2D eigenvalue weighted by Gasteiger charge is -2.20. The molecule has 0 aliphatic carbocycles. The normalized spacial score (nSPS) is 19.4. The summed E-state index contributed by atoms with van der Waals surface area (Å²) >= 11 is 0. The van der Waals surface area contributed by atoms with Gasteiger partial charge in [-0.1, -0.05) is 5.21 Å². The number of primary amides is 1. The molecule has 9 nitrogen and oxygen atoms in total. The van der Waals surface area contributed by atoms with E-state index < -0.39 is 18.0 Å². The Kier molecular flexibility index (Phi) is 3.22. The molecule has 1 aliphatic rings. The van der Waals surface area contributed by atoms with Crippen molar-refractivity contribution >= 4 is 17.9 Å². The lowest BCUT2D eigenvalue weighted by molar-refractivity contribution is -0.136. The molecular weight excluding hydrogens is 242 g/mol. The maximum absolute atomic E-state index is 11.6. The first kappa shape index (κ1) is 12.0. The van der Waals surface area contributed by atoms with Gasteiger partial charge in [0.1, 0.15) is 18.3 Å². The van der Waals surface area contributed by atoms with Crippen LogP contribution in [0, 0.1) is 0 Å². The van der Waals surface area contributed by atoms with Crippen LogP contribution in [0.4, 0.5) is 4.79 Å². The third-order valence-corrected chi connectivity index (χ3v) is 2.45. The SMILES string of the molecule is NC(=O)OCc1cn(C2CCC(=O)NC2=O)nn1. The van der Waals surface area contributed by atoms with Crippen LogP contribution < -0.4 is 11.1 Å². The maximum Gasteiger partial charge on any atom is 0.404 e. The number of imide groups is 1. The first-order chi connectivity index (χ1) is 8.56. The summed E-state index contributed by atoms with van der Waals surface area (Å²) in [6, 6.07) is -0.572.